The predicted molar refractivity (Wildman–Crippen MR) is 1.37 cm³/mol. The Morgan fingerprint density at radius 1 is 1.14 bits per heavy atom. The molecule has 0 bridgehead atoms. The van der Waals surface area contributed by atoms with E-state index in [1.54, 1.807) is 0 Å². The van der Waals surface area contributed by atoms with Crippen molar-refractivity contribution in [1.82, 2.24) is 0 Å². The Hall–Kier alpha value is 2.84. The number of hydrogen-bond acceptors (Lipinski definition) is 4. The molecule has 0 aliphatic heterocycles. The molecule has 0 heterocycles. The maximum atomic E-state index is 8.65. The fraction of sp³-hybridized carbons (Fsp3) is 0. The summed E-state index contributed by atoms with van der Waals surface area (Å²) in [6, 6.07) is 0. The first kappa shape index (κ1) is 16.4. The molecule has 0 radical (unpaired) electrons. The van der Waals surface area contributed by atoms with Crippen LogP contribution >= 0.6 is 0 Å². The van der Waals surface area contributed by atoms with Crippen molar-refractivity contribution >= 4 is 0 Å². The van der Waals surface area contributed by atoms with Crippen LogP contribution in [0.1, 0.15) is 0 Å². The minimum atomic E-state index is -6.17. The van der Waals surface area contributed by atoms with Gasteiger partial charge in [-0.25, -0.2) is 0 Å². The molecule has 4 nitrogen and oxygen atoms in total. The molecular formula is KNaO4W. The van der Waals surface area contributed by atoms with Gasteiger partial charge < -0.3 is 0 Å². The summed E-state index contributed by atoms with van der Waals surface area (Å²) in [6.07, 6.45) is 0. The molecule has 7 heavy (non-hydrogen) atoms. The van der Waals surface area contributed by atoms with Gasteiger partial charge in [-0.15, -0.1) is 0 Å². The van der Waals surface area contributed by atoms with Crippen molar-refractivity contribution in [3.63, 3.8) is 0 Å². The molecule has 0 aromatic carbocycles. The van der Waals surface area contributed by atoms with Gasteiger partial charge in [0.25, 0.3) is 0 Å². The van der Waals surface area contributed by atoms with E-state index < -0.39 is 16.7 Å². The van der Waals surface area contributed by atoms with Crippen molar-refractivity contribution in [2.45, 2.75) is 0 Å². The Balaban J connectivity index is -0.0000000800. The first-order chi connectivity index (χ1) is 2.00. The molecule has 0 aliphatic rings. The Labute approximate surface area is 109 Å². The average Bonchev–Trinajstić information content (AvgIpc) is 0.722. The molecule has 0 rings (SSSR count). The summed E-state index contributed by atoms with van der Waals surface area (Å²) in [6.45, 7) is 0. The topological polar surface area (TPSA) is 80.3 Å². The van der Waals surface area contributed by atoms with E-state index in [0.717, 1.165) is 0 Å². The Bertz CT molecular complexity index is 94.9. The van der Waals surface area contributed by atoms with Gasteiger partial charge in [0.2, 0.25) is 0 Å². The second kappa shape index (κ2) is 6.96. The molecule has 0 saturated heterocycles. The summed E-state index contributed by atoms with van der Waals surface area (Å²) < 4.78 is 34.6. The third kappa shape index (κ3) is 51.2. The molecule has 0 spiro atoms. The number of rotatable bonds is 0. The van der Waals surface area contributed by atoms with Crippen LogP contribution in [0, 0.1) is 0 Å². The van der Waals surface area contributed by atoms with E-state index in [-0.39, 0.29) is 80.9 Å². The molecule has 0 aliphatic carbocycles. The summed E-state index contributed by atoms with van der Waals surface area (Å²) in [4.78, 5) is 0. The third-order valence-electron chi connectivity index (χ3n) is 0. The molecule has 0 saturated carbocycles. The fourth-order valence-electron chi connectivity index (χ4n) is 0. The standard InChI is InChI=1S/K.Na.4O.W/q2*+1;;;2*-1;. The molecule has 0 amide bonds. The van der Waals surface area contributed by atoms with Gasteiger partial charge in [0, 0.05) is 0 Å². The van der Waals surface area contributed by atoms with E-state index >= 15 is 0 Å². The van der Waals surface area contributed by atoms with Gasteiger partial charge in [-0.2, -0.15) is 0 Å². The van der Waals surface area contributed by atoms with Crippen LogP contribution in [0.25, 0.3) is 0 Å². The van der Waals surface area contributed by atoms with Gasteiger partial charge >= 0.3 is 112 Å². The van der Waals surface area contributed by atoms with Crippen molar-refractivity contribution in [1.29, 1.82) is 0 Å². The van der Waals surface area contributed by atoms with Crippen molar-refractivity contribution in [2.75, 3.05) is 0 Å². The minimum absolute atomic E-state index is 0. The predicted octanol–water partition coefficient (Wildman–Crippen LogP) is -8.61. The van der Waals surface area contributed by atoms with Gasteiger partial charge in [0.05, 0.1) is 0 Å². The Morgan fingerprint density at radius 3 is 1.14 bits per heavy atom. The summed E-state index contributed by atoms with van der Waals surface area (Å²) >= 11 is -6.17. The van der Waals surface area contributed by atoms with Gasteiger partial charge in [0.1, 0.15) is 0 Å². The molecule has 0 fully saturated rings. The van der Waals surface area contributed by atoms with Crippen LogP contribution in [-0.4, -0.2) is 0 Å². The molecule has 32 valence electrons. The Kier molecular flexibility index (Phi) is 16.3. The molecule has 0 unspecified atom stereocenters. The van der Waals surface area contributed by atoms with Crippen LogP contribution in [-0.2, 0) is 23.5 Å². The van der Waals surface area contributed by atoms with E-state index in [4.69, 9.17) is 14.3 Å². The average molecular weight is 310 g/mol. The van der Waals surface area contributed by atoms with Crippen LogP contribution in [0.5, 0.6) is 0 Å². The van der Waals surface area contributed by atoms with Gasteiger partial charge in [-0.05, 0) is 0 Å². The second-order valence-electron chi connectivity index (χ2n) is 0.408. The zero-order valence-corrected chi connectivity index (χ0v) is 12.1. The molecule has 0 atom stereocenters. The summed E-state index contributed by atoms with van der Waals surface area (Å²) in [5.74, 6) is 0. The van der Waals surface area contributed by atoms with Crippen molar-refractivity contribution < 1.29 is 112 Å². The van der Waals surface area contributed by atoms with Crippen LogP contribution in [0.3, 0.4) is 0 Å². The molecular weight excluding hydrogens is 310 g/mol. The van der Waals surface area contributed by atoms with Gasteiger partial charge in [0.15, 0.2) is 0 Å². The van der Waals surface area contributed by atoms with Gasteiger partial charge in [-0.1, -0.05) is 0 Å². The SMILES string of the molecule is [K+].[Na+].[O]=[W](=[O])([O-])[O-]. The van der Waals surface area contributed by atoms with Crippen molar-refractivity contribution in [3.05, 3.63) is 0 Å². The van der Waals surface area contributed by atoms with E-state index in [2.05, 4.69) is 0 Å². The summed E-state index contributed by atoms with van der Waals surface area (Å²) in [5, 5.41) is 0. The monoisotopic (exact) mass is 310 g/mol. The third-order valence-corrected chi connectivity index (χ3v) is 0. The summed E-state index contributed by atoms with van der Waals surface area (Å²) in [5.41, 5.74) is 0. The quantitative estimate of drug-likeness (QED) is 0.416. The zero-order valence-electron chi connectivity index (χ0n) is 4.04. The van der Waals surface area contributed by atoms with Crippen molar-refractivity contribution in [3.8, 4) is 0 Å². The maximum absolute atomic E-state index is 8.65. The normalized spacial score (nSPS) is 8.29. The molecule has 0 aromatic heterocycles. The van der Waals surface area contributed by atoms with Crippen LogP contribution in [0.15, 0.2) is 0 Å². The first-order valence-corrected chi connectivity index (χ1v) is 5.46. The fourth-order valence-corrected chi connectivity index (χ4v) is 0. The van der Waals surface area contributed by atoms with E-state index in [1.807, 2.05) is 0 Å². The molecule has 0 N–H and O–H groups in total. The van der Waals surface area contributed by atoms with Crippen LogP contribution < -0.4 is 88.5 Å². The van der Waals surface area contributed by atoms with Crippen LogP contribution in [0.2, 0.25) is 0 Å². The van der Waals surface area contributed by atoms with E-state index in [1.165, 1.54) is 0 Å². The first-order valence-electron chi connectivity index (χ1n) is 0.667. The van der Waals surface area contributed by atoms with E-state index in [0.29, 0.717) is 0 Å². The molecule has 7 heteroatoms. The van der Waals surface area contributed by atoms with E-state index in [9.17, 15) is 0 Å². The number of hydrogen-bond donors (Lipinski definition) is 0. The summed E-state index contributed by atoms with van der Waals surface area (Å²) in [7, 11) is 0. The van der Waals surface area contributed by atoms with Crippen molar-refractivity contribution in [2.24, 2.45) is 0 Å². The zero-order chi connectivity index (χ0) is 4.50. The van der Waals surface area contributed by atoms with Crippen LogP contribution in [0.4, 0.5) is 0 Å². The second-order valence-corrected chi connectivity index (χ2v) is 3.34. The van der Waals surface area contributed by atoms with Gasteiger partial charge in [-0.3, -0.25) is 0 Å². The Morgan fingerprint density at radius 2 is 1.14 bits per heavy atom. The molecule has 0 aromatic rings.